The minimum absolute atomic E-state index is 0.110. The van der Waals surface area contributed by atoms with Gasteiger partial charge in [-0.05, 0) is 60.4 Å². The van der Waals surface area contributed by atoms with Crippen LogP contribution in [0.3, 0.4) is 0 Å². The van der Waals surface area contributed by atoms with E-state index in [1.165, 1.54) is 12.1 Å². The minimum atomic E-state index is -0.279. The molecule has 0 aliphatic carbocycles. The first-order chi connectivity index (χ1) is 16.7. The van der Waals surface area contributed by atoms with E-state index in [-0.39, 0.29) is 11.7 Å². The summed E-state index contributed by atoms with van der Waals surface area (Å²) in [4.78, 5) is 14.5. The van der Waals surface area contributed by atoms with E-state index in [1.54, 1.807) is 23.9 Å². The van der Waals surface area contributed by atoms with Crippen LogP contribution in [0.5, 0.6) is 0 Å². The molecule has 1 amide bonds. The van der Waals surface area contributed by atoms with E-state index in [4.69, 9.17) is 0 Å². The average Bonchev–Trinajstić information content (AvgIpc) is 3.55. The number of aromatic nitrogens is 3. The number of benzene rings is 3. The summed E-state index contributed by atoms with van der Waals surface area (Å²) in [6, 6.07) is 24.3. The highest BCUT2D eigenvalue weighted by atomic mass is 32.2. The van der Waals surface area contributed by atoms with Crippen molar-refractivity contribution in [2.24, 2.45) is 0 Å². The third-order valence-electron chi connectivity index (χ3n) is 5.95. The predicted molar refractivity (Wildman–Crippen MR) is 132 cm³/mol. The van der Waals surface area contributed by atoms with Gasteiger partial charge in [-0.1, -0.05) is 54.2 Å². The second-order valence-electron chi connectivity index (χ2n) is 8.36. The monoisotopic (exact) mass is 472 g/mol. The van der Waals surface area contributed by atoms with Crippen molar-refractivity contribution in [3.63, 3.8) is 0 Å². The zero-order valence-electron chi connectivity index (χ0n) is 18.7. The van der Waals surface area contributed by atoms with Crippen molar-refractivity contribution in [1.82, 2.24) is 19.7 Å². The van der Waals surface area contributed by atoms with Gasteiger partial charge in [0.05, 0.1) is 0 Å². The van der Waals surface area contributed by atoms with Crippen molar-refractivity contribution in [2.45, 2.75) is 30.2 Å². The van der Waals surface area contributed by atoms with E-state index in [2.05, 4.69) is 22.3 Å². The van der Waals surface area contributed by atoms with E-state index in [0.717, 1.165) is 59.3 Å². The van der Waals surface area contributed by atoms with Crippen molar-refractivity contribution in [3.05, 3.63) is 107 Å². The fraction of sp³-hybridized carbons (Fsp3) is 0.222. The summed E-state index contributed by atoms with van der Waals surface area (Å²) in [5, 5.41) is 9.64. The third-order valence-corrected chi connectivity index (χ3v) is 6.95. The topological polar surface area (TPSA) is 51.0 Å². The Hall–Kier alpha value is -3.45. The first-order valence-electron chi connectivity index (χ1n) is 11.4. The van der Waals surface area contributed by atoms with Gasteiger partial charge in [0.15, 0.2) is 5.16 Å². The Kier molecular flexibility index (Phi) is 6.72. The first kappa shape index (κ1) is 22.3. The number of hydrogen-bond donors (Lipinski definition) is 0. The smallest absolute Gasteiger partial charge is 0.253 e. The van der Waals surface area contributed by atoms with E-state index < -0.39 is 0 Å². The number of thioether (sulfide) groups is 1. The standard InChI is InChI=1S/C27H25FN4OS/c28-23-12-14-24(15-13-23)32-25(18-20-6-2-1-3-7-20)29-30-27(32)34-19-21-8-10-22(11-9-21)26(33)31-16-4-5-17-31/h1-3,6-15H,4-5,16-19H2. The predicted octanol–water partition coefficient (Wildman–Crippen LogP) is 5.53. The molecule has 0 N–H and O–H groups in total. The lowest BCUT2D eigenvalue weighted by atomic mass is 10.1. The van der Waals surface area contributed by atoms with Gasteiger partial charge in [-0.3, -0.25) is 9.36 Å². The molecule has 1 aromatic heterocycles. The summed E-state index contributed by atoms with van der Waals surface area (Å²) in [5.74, 6) is 1.31. The molecule has 0 unspecified atom stereocenters. The number of amides is 1. The van der Waals surface area contributed by atoms with E-state index in [0.29, 0.717) is 12.2 Å². The van der Waals surface area contributed by atoms with Gasteiger partial charge in [-0.15, -0.1) is 10.2 Å². The summed E-state index contributed by atoms with van der Waals surface area (Å²) < 4.78 is 15.5. The van der Waals surface area contributed by atoms with Gasteiger partial charge in [-0.25, -0.2) is 4.39 Å². The molecule has 34 heavy (non-hydrogen) atoms. The molecule has 0 spiro atoms. The molecule has 0 saturated carbocycles. The number of carbonyl (C=O) groups is 1. The molecule has 7 heteroatoms. The number of nitrogens with zero attached hydrogens (tertiary/aromatic N) is 4. The molecule has 5 nitrogen and oxygen atoms in total. The Labute approximate surface area is 202 Å². The Balaban J connectivity index is 1.35. The second kappa shape index (κ2) is 10.2. The normalized spacial score (nSPS) is 13.4. The molecule has 4 aromatic rings. The summed E-state index contributed by atoms with van der Waals surface area (Å²) in [6.45, 7) is 1.70. The zero-order chi connectivity index (χ0) is 23.3. The van der Waals surface area contributed by atoms with Crippen LogP contribution in [0.4, 0.5) is 4.39 Å². The van der Waals surface area contributed by atoms with Crippen LogP contribution in [-0.4, -0.2) is 38.7 Å². The Morgan fingerprint density at radius 1 is 0.853 bits per heavy atom. The van der Waals surface area contributed by atoms with Crippen LogP contribution in [0, 0.1) is 5.82 Å². The molecular weight excluding hydrogens is 447 g/mol. The number of rotatable bonds is 7. The van der Waals surface area contributed by atoms with Crippen LogP contribution in [0.2, 0.25) is 0 Å². The lowest BCUT2D eigenvalue weighted by molar-refractivity contribution is 0.0793. The van der Waals surface area contributed by atoms with Crippen molar-refractivity contribution in [3.8, 4) is 5.69 Å². The SMILES string of the molecule is O=C(c1ccc(CSc2nnc(Cc3ccccc3)n2-c2ccc(F)cc2)cc1)N1CCCC1. The molecule has 2 heterocycles. The molecule has 0 atom stereocenters. The maximum Gasteiger partial charge on any atom is 0.253 e. The highest BCUT2D eigenvalue weighted by molar-refractivity contribution is 7.98. The van der Waals surface area contributed by atoms with Crippen LogP contribution in [-0.2, 0) is 12.2 Å². The molecule has 1 fully saturated rings. The molecule has 1 aliphatic heterocycles. The van der Waals surface area contributed by atoms with Crippen molar-refractivity contribution in [2.75, 3.05) is 13.1 Å². The van der Waals surface area contributed by atoms with Crippen LogP contribution < -0.4 is 0 Å². The largest absolute Gasteiger partial charge is 0.339 e. The van der Waals surface area contributed by atoms with E-state index in [1.807, 2.05) is 51.9 Å². The molecule has 1 aliphatic rings. The molecule has 172 valence electrons. The summed E-state index contributed by atoms with van der Waals surface area (Å²) in [7, 11) is 0. The maximum absolute atomic E-state index is 13.6. The molecule has 0 bridgehead atoms. The highest BCUT2D eigenvalue weighted by Gasteiger charge is 2.19. The van der Waals surface area contributed by atoms with Crippen LogP contribution in [0.15, 0.2) is 84.0 Å². The van der Waals surface area contributed by atoms with Gasteiger partial charge in [0.1, 0.15) is 11.6 Å². The van der Waals surface area contributed by atoms with Gasteiger partial charge in [0.2, 0.25) is 0 Å². The average molecular weight is 473 g/mol. The van der Waals surface area contributed by atoms with Crippen molar-refractivity contribution < 1.29 is 9.18 Å². The minimum Gasteiger partial charge on any atom is -0.339 e. The van der Waals surface area contributed by atoms with Crippen molar-refractivity contribution in [1.29, 1.82) is 0 Å². The fourth-order valence-corrected chi connectivity index (χ4v) is 5.06. The lowest BCUT2D eigenvalue weighted by Crippen LogP contribution is -2.27. The van der Waals surface area contributed by atoms with Crippen LogP contribution in [0.25, 0.3) is 5.69 Å². The van der Waals surface area contributed by atoms with Crippen LogP contribution >= 0.6 is 11.8 Å². The van der Waals surface area contributed by atoms with Gasteiger partial charge in [0, 0.05) is 36.5 Å². The number of likely N-dealkylation sites (tertiary alicyclic amines) is 1. The zero-order valence-corrected chi connectivity index (χ0v) is 19.5. The van der Waals surface area contributed by atoms with E-state index >= 15 is 0 Å². The second-order valence-corrected chi connectivity index (χ2v) is 9.30. The molecule has 5 rings (SSSR count). The summed E-state index contributed by atoms with van der Waals surface area (Å²) in [6.07, 6.45) is 2.79. The number of halogens is 1. The Morgan fingerprint density at radius 3 is 2.26 bits per heavy atom. The lowest BCUT2D eigenvalue weighted by Gasteiger charge is -2.15. The van der Waals surface area contributed by atoms with E-state index in [9.17, 15) is 9.18 Å². The quantitative estimate of drug-likeness (QED) is 0.332. The maximum atomic E-state index is 13.6. The highest BCUT2D eigenvalue weighted by Crippen LogP contribution is 2.27. The van der Waals surface area contributed by atoms with Gasteiger partial charge in [-0.2, -0.15) is 0 Å². The number of carbonyl (C=O) groups excluding carboxylic acids is 1. The Bertz CT molecular complexity index is 1250. The van der Waals surface area contributed by atoms with Crippen LogP contribution in [0.1, 0.15) is 40.2 Å². The fourth-order valence-electron chi connectivity index (χ4n) is 4.13. The summed E-state index contributed by atoms with van der Waals surface area (Å²) >= 11 is 1.57. The van der Waals surface area contributed by atoms with Gasteiger partial charge >= 0.3 is 0 Å². The van der Waals surface area contributed by atoms with Gasteiger partial charge in [0.25, 0.3) is 5.91 Å². The molecule has 0 radical (unpaired) electrons. The molecule has 3 aromatic carbocycles. The third kappa shape index (κ3) is 5.04. The van der Waals surface area contributed by atoms with Crippen molar-refractivity contribution >= 4 is 17.7 Å². The number of hydrogen-bond acceptors (Lipinski definition) is 4. The molecule has 1 saturated heterocycles. The first-order valence-corrected chi connectivity index (χ1v) is 12.4. The Morgan fingerprint density at radius 2 is 1.56 bits per heavy atom. The molecular formula is C27H25FN4OS. The summed E-state index contributed by atoms with van der Waals surface area (Å²) in [5.41, 5.74) is 3.79. The van der Waals surface area contributed by atoms with Gasteiger partial charge < -0.3 is 4.90 Å².